The van der Waals surface area contributed by atoms with Crippen molar-refractivity contribution in [3.8, 4) is 22.8 Å². The number of benzene rings is 2. The Labute approximate surface area is 242 Å². The molecule has 0 saturated carbocycles. The highest BCUT2D eigenvalue weighted by Crippen LogP contribution is 2.43. The van der Waals surface area contributed by atoms with E-state index in [0.717, 1.165) is 25.8 Å². The molecule has 1 unspecified atom stereocenters. The van der Waals surface area contributed by atoms with Gasteiger partial charge in [-0.15, -0.1) is 0 Å². The molecule has 2 fully saturated rings. The van der Waals surface area contributed by atoms with Crippen LogP contribution in [0.4, 0.5) is 9.18 Å². The van der Waals surface area contributed by atoms with Crippen LogP contribution < -0.4 is 15.5 Å². The summed E-state index contributed by atoms with van der Waals surface area (Å²) in [5, 5.41) is 25.7. The lowest BCUT2D eigenvalue weighted by Crippen LogP contribution is -2.47. The summed E-state index contributed by atoms with van der Waals surface area (Å²) in [6.45, 7) is 1.16. The van der Waals surface area contributed by atoms with E-state index in [4.69, 9.17) is 20.8 Å². The molecule has 5 rings (SSSR count). The average molecular weight is 588 g/mol. The number of hydrogen-bond donors (Lipinski definition) is 3. The Balaban J connectivity index is 1.62. The fourth-order valence-electron chi connectivity index (χ4n) is 5.83. The van der Waals surface area contributed by atoms with Gasteiger partial charge in [-0.25, -0.2) is 9.18 Å². The molecule has 41 heavy (non-hydrogen) atoms. The number of aliphatic hydroxyl groups is 1. The molecule has 2 saturated heterocycles. The molecular weight excluding hydrogens is 553 g/mol. The van der Waals surface area contributed by atoms with Gasteiger partial charge in [-0.05, 0) is 51.5 Å². The van der Waals surface area contributed by atoms with Gasteiger partial charge in [0.25, 0.3) is 0 Å². The second-order valence-electron chi connectivity index (χ2n) is 10.8. The number of likely N-dealkylation sites (N-methyl/N-ethyl adjacent to an activating group) is 1. The first-order chi connectivity index (χ1) is 19.8. The summed E-state index contributed by atoms with van der Waals surface area (Å²) in [6.07, 6.45) is 1.73. The molecule has 2 aromatic carbocycles. The lowest BCUT2D eigenvalue weighted by atomic mass is 9.85. The zero-order chi connectivity index (χ0) is 29.1. The predicted octanol–water partition coefficient (Wildman–Crippen LogP) is 4.51. The Morgan fingerprint density at radius 3 is 2.78 bits per heavy atom. The summed E-state index contributed by atoms with van der Waals surface area (Å²) in [4.78, 5) is 30.0. The predicted molar refractivity (Wildman–Crippen MR) is 155 cm³/mol. The number of nitrogens with one attached hydrogen (secondary N) is 1. The molecule has 3 N–H and O–H groups in total. The number of rotatable bonds is 7. The van der Waals surface area contributed by atoms with E-state index in [1.165, 1.54) is 17.0 Å². The number of alkyl halides is 1. The maximum atomic E-state index is 13.5. The number of β-amino-alcohol motifs (C(OH)–C–C–N with tert-alkyl or cyclic N) is 1. The third-order valence-corrected chi connectivity index (χ3v) is 8.27. The van der Waals surface area contributed by atoms with E-state index < -0.39 is 36.0 Å². The van der Waals surface area contributed by atoms with E-state index in [-0.39, 0.29) is 41.6 Å². The fraction of sp³-hybridized carbons (Fsp3) is 0.467. The van der Waals surface area contributed by atoms with E-state index in [1.54, 1.807) is 24.3 Å². The number of aromatic hydroxyl groups is 1. The van der Waals surface area contributed by atoms with Gasteiger partial charge < -0.3 is 34.5 Å². The number of halogens is 2. The number of aliphatic hydroxyl groups excluding tert-OH is 1. The van der Waals surface area contributed by atoms with Crippen molar-refractivity contribution in [1.82, 2.24) is 15.1 Å². The number of carbonyl (C=O) groups excluding carboxylic acids is 1. The van der Waals surface area contributed by atoms with E-state index in [2.05, 4.69) is 5.32 Å². The van der Waals surface area contributed by atoms with Gasteiger partial charge in [-0.2, -0.15) is 0 Å². The first-order valence-electron chi connectivity index (χ1n) is 14.0. The molecule has 0 radical (unpaired) electrons. The van der Waals surface area contributed by atoms with Crippen molar-refractivity contribution in [3.63, 3.8) is 0 Å². The summed E-state index contributed by atoms with van der Waals surface area (Å²) in [7, 11) is 1.89. The largest absolute Gasteiger partial charge is 0.507 e. The molecule has 2 aliphatic rings. The van der Waals surface area contributed by atoms with Crippen molar-refractivity contribution in [2.75, 3.05) is 46.4 Å². The Bertz CT molecular complexity index is 1460. The summed E-state index contributed by atoms with van der Waals surface area (Å²) >= 11 is 6.40. The lowest BCUT2D eigenvalue weighted by Gasteiger charge is -2.35. The van der Waals surface area contributed by atoms with Crippen molar-refractivity contribution < 1.29 is 28.6 Å². The topological polar surface area (TPSA) is 115 Å². The van der Waals surface area contributed by atoms with Gasteiger partial charge in [0.05, 0.1) is 17.7 Å². The third kappa shape index (κ3) is 6.35. The normalized spacial score (nSPS) is 21.6. The number of nitrogens with zero attached hydrogens (tertiary/aromatic N) is 2. The number of piperidine rings is 2. The Morgan fingerprint density at radius 2 is 2.07 bits per heavy atom. The second kappa shape index (κ2) is 12.8. The molecule has 3 heterocycles. The molecule has 3 aromatic rings. The minimum atomic E-state index is -0.874. The van der Waals surface area contributed by atoms with Crippen molar-refractivity contribution in [2.45, 2.75) is 43.7 Å². The van der Waals surface area contributed by atoms with Crippen LogP contribution in [0.2, 0.25) is 5.02 Å². The van der Waals surface area contributed by atoms with Crippen molar-refractivity contribution in [3.05, 3.63) is 57.2 Å². The van der Waals surface area contributed by atoms with Crippen LogP contribution in [-0.2, 0) is 0 Å². The number of phenolic OH excluding ortho intramolecular Hbond substituents is 1. The highest BCUT2D eigenvalue weighted by molar-refractivity contribution is 6.33. The summed E-state index contributed by atoms with van der Waals surface area (Å²) < 4.78 is 25.6. The van der Waals surface area contributed by atoms with Crippen LogP contribution in [-0.4, -0.2) is 84.7 Å². The average Bonchev–Trinajstić information content (AvgIpc) is 2.94. The van der Waals surface area contributed by atoms with Crippen LogP contribution in [0.5, 0.6) is 11.5 Å². The molecule has 220 valence electrons. The van der Waals surface area contributed by atoms with Gasteiger partial charge in [-0.1, -0.05) is 30.2 Å². The van der Waals surface area contributed by atoms with Gasteiger partial charge in [0.2, 0.25) is 0 Å². The maximum absolute atomic E-state index is 13.5. The van der Waals surface area contributed by atoms with Crippen LogP contribution in [0.1, 0.15) is 37.2 Å². The van der Waals surface area contributed by atoms with Crippen LogP contribution in [0.15, 0.2) is 45.6 Å². The van der Waals surface area contributed by atoms with E-state index in [0.29, 0.717) is 35.7 Å². The standard InChI is InChI=1S/C30H35ClFN3O6/c1-34-12-9-20(24(38)17-34)27-26(41-30(39)35(13-10-32)16-18-6-4-5-11-33-18)15-23(37)28-22(36)14-25(40-29(27)28)19-7-2-3-8-21(19)31/h2-3,7-8,14-15,18,20,24,33,37-38H,4-6,9-13,16-17H2,1H3/t18?,20-,24+/m0/s1. The van der Waals surface area contributed by atoms with Gasteiger partial charge in [0, 0.05) is 48.3 Å². The molecule has 1 aromatic heterocycles. The molecule has 1 amide bonds. The minimum absolute atomic E-state index is 0.00908. The van der Waals surface area contributed by atoms with Crippen LogP contribution in [0.3, 0.4) is 0 Å². The summed E-state index contributed by atoms with van der Waals surface area (Å²) in [5.74, 6) is -0.883. The third-order valence-electron chi connectivity index (χ3n) is 7.94. The Hall–Kier alpha value is -3.18. The minimum Gasteiger partial charge on any atom is -0.507 e. The maximum Gasteiger partial charge on any atom is 0.415 e. The Morgan fingerprint density at radius 1 is 1.27 bits per heavy atom. The van der Waals surface area contributed by atoms with Crippen molar-refractivity contribution in [1.29, 1.82) is 0 Å². The van der Waals surface area contributed by atoms with Crippen LogP contribution >= 0.6 is 11.6 Å². The first kappa shape index (κ1) is 29.3. The van der Waals surface area contributed by atoms with Gasteiger partial charge >= 0.3 is 6.09 Å². The van der Waals surface area contributed by atoms with Gasteiger partial charge in [0.1, 0.15) is 34.9 Å². The number of amides is 1. The van der Waals surface area contributed by atoms with E-state index in [9.17, 15) is 24.2 Å². The molecule has 2 aliphatic heterocycles. The van der Waals surface area contributed by atoms with Crippen molar-refractivity contribution in [2.24, 2.45) is 0 Å². The first-order valence-corrected chi connectivity index (χ1v) is 14.4. The zero-order valence-electron chi connectivity index (χ0n) is 22.9. The number of fused-ring (bicyclic) bond motifs is 1. The highest BCUT2D eigenvalue weighted by Gasteiger charge is 2.35. The molecule has 0 aliphatic carbocycles. The quantitative estimate of drug-likeness (QED) is 0.370. The van der Waals surface area contributed by atoms with E-state index >= 15 is 0 Å². The lowest BCUT2D eigenvalue weighted by molar-refractivity contribution is 0.0627. The van der Waals surface area contributed by atoms with E-state index in [1.807, 2.05) is 11.9 Å². The Kier molecular flexibility index (Phi) is 9.13. The number of likely N-dealkylation sites (tertiary alicyclic amines) is 1. The summed E-state index contributed by atoms with van der Waals surface area (Å²) in [6, 6.07) is 9.35. The van der Waals surface area contributed by atoms with Gasteiger partial charge in [-0.3, -0.25) is 4.79 Å². The monoisotopic (exact) mass is 587 g/mol. The molecule has 0 spiro atoms. The highest BCUT2D eigenvalue weighted by atomic mass is 35.5. The van der Waals surface area contributed by atoms with Crippen molar-refractivity contribution >= 4 is 28.7 Å². The van der Waals surface area contributed by atoms with Crippen LogP contribution in [0, 0.1) is 0 Å². The van der Waals surface area contributed by atoms with Crippen LogP contribution in [0.25, 0.3) is 22.3 Å². The number of hydrogen-bond acceptors (Lipinski definition) is 8. The molecule has 9 nitrogen and oxygen atoms in total. The molecule has 11 heteroatoms. The molecule has 0 bridgehead atoms. The number of ether oxygens (including phenoxy) is 1. The number of carbonyl (C=O) groups is 1. The SMILES string of the molecule is CN1CC[C@H](c2c(OC(=O)N(CCF)CC3CCCCN3)cc(O)c3c(=O)cc(-c4ccccc4Cl)oc23)[C@H](O)C1. The van der Waals surface area contributed by atoms with Gasteiger partial charge in [0.15, 0.2) is 5.43 Å². The fourth-order valence-corrected chi connectivity index (χ4v) is 6.06. The number of phenols is 1. The molecule has 3 atom stereocenters. The summed E-state index contributed by atoms with van der Waals surface area (Å²) in [5.41, 5.74) is 0.269. The zero-order valence-corrected chi connectivity index (χ0v) is 23.7. The molecular formula is C30H35ClFN3O6. The second-order valence-corrected chi connectivity index (χ2v) is 11.2. The smallest absolute Gasteiger partial charge is 0.415 e.